The molecule has 0 aliphatic heterocycles. The van der Waals surface area contributed by atoms with Crippen molar-refractivity contribution in [3.8, 4) is 6.07 Å². The van der Waals surface area contributed by atoms with Crippen molar-refractivity contribution in [2.75, 3.05) is 0 Å². The third-order valence-electron chi connectivity index (χ3n) is 1.56. The molecule has 0 radical (unpaired) electrons. The van der Waals surface area contributed by atoms with E-state index in [2.05, 4.69) is 5.32 Å². The van der Waals surface area contributed by atoms with Gasteiger partial charge in [-0.05, 0) is 5.56 Å². The van der Waals surface area contributed by atoms with E-state index in [1.807, 2.05) is 36.4 Å². The van der Waals surface area contributed by atoms with E-state index >= 15 is 0 Å². The topological polar surface area (TPSA) is 61.8 Å². The first kappa shape index (κ1) is 9.14. The van der Waals surface area contributed by atoms with Gasteiger partial charge in [0.1, 0.15) is 5.82 Å². The van der Waals surface area contributed by atoms with E-state index in [-0.39, 0.29) is 0 Å². The van der Waals surface area contributed by atoms with Crippen molar-refractivity contribution >= 4 is 0 Å². The molecule has 0 aromatic heterocycles. The first-order chi connectivity index (χ1) is 6.33. The Morgan fingerprint density at radius 3 is 2.77 bits per heavy atom. The summed E-state index contributed by atoms with van der Waals surface area (Å²) < 4.78 is 0. The predicted octanol–water partition coefficient (Wildman–Crippen LogP) is 1.10. The van der Waals surface area contributed by atoms with Crippen LogP contribution >= 0.6 is 0 Å². The van der Waals surface area contributed by atoms with E-state index in [1.54, 1.807) is 0 Å². The summed E-state index contributed by atoms with van der Waals surface area (Å²) in [6, 6.07) is 11.7. The molecular weight excluding hydrogens is 162 g/mol. The summed E-state index contributed by atoms with van der Waals surface area (Å²) in [7, 11) is 0. The molecular formula is C10H11N3. The van der Waals surface area contributed by atoms with Crippen LogP contribution in [0.1, 0.15) is 5.56 Å². The molecule has 0 spiro atoms. The lowest BCUT2D eigenvalue weighted by Crippen LogP contribution is -2.19. The lowest BCUT2D eigenvalue weighted by atomic mass is 10.2. The Morgan fingerprint density at radius 2 is 2.15 bits per heavy atom. The second-order valence-electron chi connectivity index (χ2n) is 2.57. The van der Waals surface area contributed by atoms with Crippen molar-refractivity contribution in [2.24, 2.45) is 5.73 Å². The van der Waals surface area contributed by atoms with Gasteiger partial charge in [0.15, 0.2) is 0 Å². The number of rotatable bonds is 3. The highest BCUT2D eigenvalue weighted by Crippen LogP contribution is 1.97. The van der Waals surface area contributed by atoms with E-state index < -0.39 is 0 Å². The zero-order chi connectivity index (χ0) is 9.52. The van der Waals surface area contributed by atoms with Crippen LogP contribution in [0.15, 0.2) is 42.2 Å². The molecule has 1 aromatic rings. The Balaban J connectivity index is 2.45. The van der Waals surface area contributed by atoms with Crippen LogP contribution in [0.4, 0.5) is 0 Å². The highest BCUT2D eigenvalue weighted by Gasteiger charge is 1.90. The Labute approximate surface area is 77.5 Å². The molecule has 1 rings (SSSR count). The van der Waals surface area contributed by atoms with Gasteiger partial charge in [0.2, 0.25) is 0 Å². The van der Waals surface area contributed by atoms with Crippen molar-refractivity contribution in [1.82, 2.24) is 5.32 Å². The summed E-state index contributed by atoms with van der Waals surface area (Å²) in [5.74, 6) is 0.395. The van der Waals surface area contributed by atoms with Gasteiger partial charge in [-0.3, -0.25) is 0 Å². The molecule has 0 bridgehead atoms. The first-order valence-corrected chi connectivity index (χ1v) is 3.96. The standard InChI is InChI=1S/C10H11N3/c11-7-6-10(12)13-8-9-4-2-1-3-5-9/h1-6,13H,8,12H2/b10-6-. The van der Waals surface area contributed by atoms with Gasteiger partial charge in [0.05, 0.1) is 12.1 Å². The van der Waals surface area contributed by atoms with Gasteiger partial charge >= 0.3 is 0 Å². The van der Waals surface area contributed by atoms with E-state index in [4.69, 9.17) is 11.0 Å². The molecule has 0 aliphatic carbocycles. The molecule has 13 heavy (non-hydrogen) atoms. The normalized spacial score (nSPS) is 10.5. The molecule has 0 saturated carbocycles. The van der Waals surface area contributed by atoms with Gasteiger partial charge in [-0.2, -0.15) is 5.26 Å². The number of nitriles is 1. The highest BCUT2D eigenvalue weighted by molar-refractivity contribution is 5.16. The van der Waals surface area contributed by atoms with Crippen LogP contribution in [0.3, 0.4) is 0 Å². The van der Waals surface area contributed by atoms with Gasteiger partial charge in [-0.25, -0.2) is 0 Å². The lowest BCUT2D eigenvalue weighted by Gasteiger charge is -2.04. The molecule has 3 nitrogen and oxygen atoms in total. The number of allylic oxidation sites excluding steroid dienone is 1. The largest absolute Gasteiger partial charge is 0.385 e. The van der Waals surface area contributed by atoms with Crippen LogP contribution < -0.4 is 11.1 Å². The van der Waals surface area contributed by atoms with Crippen molar-refractivity contribution in [2.45, 2.75) is 6.54 Å². The van der Waals surface area contributed by atoms with Crippen LogP contribution in [0.25, 0.3) is 0 Å². The number of nitrogens with zero attached hydrogens (tertiary/aromatic N) is 1. The minimum Gasteiger partial charge on any atom is -0.385 e. The average Bonchev–Trinajstić information content (AvgIpc) is 2.17. The monoisotopic (exact) mass is 173 g/mol. The third kappa shape index (κ3) is 3.30. The summed E-state index contributed by atoms with van der Waals surface area (Å²) >= 11 is 0. The smallest absolute Gasteiger partial charge is 0.107 e. The van der Waals surface area contributed by atoms with Gasteiger partial charge < -0.3 is 11.1 Å². The zero-order valence-corrected chi connectivity index (χ0v) is 7.20. The van der Waals surface area contributed by atoms with Crippen molar-refractivity contribution in [1.29, 1.82) is 5.26 Å². The molecule has 3 heteroatoms. The number of hydrogen-bond acceptors (Lipinski definition) is 3. The SMILES string of the molecule is N#C/C=C(/N)NCc1ccccc1. The minimum absolute atomic E-state index is 0.395. The number of benzene rings is 1. The van der Waals surface area contributed by atoms with E-state index in [0.717, 1.165) is 5.56 Å². The van der Waals surface area contributed by atoms with Gasteiger partial charge in [-0.1, -0.05) is 30.3 Å². The fraction of sp³-hybridized carbons (Fsp3) is 0.100. The molecule has 0 atom stereocenters. The zero-order valence-electron chi connectivity index (χ0n) is 7.20. The molecule has 0 fully saturated rings. The Hall–Kier alpha value is -1.95. The van der Waals surface area contributed by atoms with E-state index in [1.165, 1.54) is 6.08 Å². The fourth-order valence-electron chi connectivity index (χ4n) is 0.921. The maximum Gasteiger partial charge on any atom is 0.107 e. The molecule has 66 valence electrons. The number of nitrogens with two attached hydrogens (primary N) is 1. The quantitative estimate of drug-likeness (QED) is 0.673. The Kier molecular flexibility index (Phi) is 3.40. The van der Waals surface area contributed by atoms with Gasteiger partial charge in [0, 0.05) is 6.54 Å². The van der Waals surface area contributed by atoms with Crippen LogP contribution in [0, 0.1) is 11.3 Å². The van der Waals surface area contributed by atoms with E-state index in [9.17, 15) is 0 Å². The van der Waals surface area contributed by atoms with Crippen LogP contribution in [0.5, 0.6) is 0 Å². The van der Waals surface area contributed by atoms with Crippen LogP contribution in [0.2, 0.25) is 0 Å². The minimum atomic E-state index is 0.395. The molecule has 0 heterocycles. The predicted molar refractivity (Wildman–Crippen MR) is 51.2 cm³/mol. The van der Waals surface area contributed by atoms with Crippen LogP contribution in [-0.2, 0) is 6.54 Å². The second kappa shape index (κ2) is 4.83. The van der Waals surface area contributed by atoms with Crippen molar-refractivity contribution < 1.29 is 0 Å². The van der Waals surface area contributed by atoms with Gasteiger partial charge in [-0.15, -0.1) is 0 Å². The lowest BCUT2D eigenvalue weighted by molar-refractivity contribution is 0.800. The number of hydrogen-bond donors (Lipinski definition) is 2. The maximum atomic E-state index is 8.29. The summed E-state index contributed by atoms with van der Waals surface area (Å²) in [5, 5.41) is 11.2. The third-order valence-corrected chi connectivity index (χ3v) is 1.56. The molecule has 0 unspecified atom stereocenters. The Bertz CT molecular complexity index is 322. The summed E-state index contributed by atoms with van der Waals surface area (Å²) in [5.41, 5.74) is 6.60. The summed E-state index contributed by atoms with van der Waals surface area (Å²) in [4.78, 5) is 0. The molecule has 0 saturated heterocycles. The van der Waals surface area contributed by atoms with Gasteiger partial charge in [0.25, 0.3) is 0 Å². The molecule has 0 aliphatic rings. The molecule has 1 aromatic carbocycles. The second-order valence-corrected chi connectivity index (χ2v) is 2.57. The highest BCUT2D eigenvalue weighted by atomic mass is 15.0. The van der Waals surface area contributed by atoms with E-state index in [0.29, 0.717) is 12.4 Å². The molecule has 0 amide bonds. The van der Waals surface area contributed by atoms with Crippen LogP contribution in [-0.4, -0.2) is 0 Å². The fourth-order valence-corrected chi connectivity index (χ4v) is 0.921. The molecule has 3 N–H and O–H groups in total. The summed E-state index contributed by atoms with van der Waals surface area (Å²) in [6.45, 7) is 0.644. The number of nitrogens with one attached hydrogen (secondary N) is 1. The first-order valence-electron chi connectivity index (χ1n) is 3.96. The summed E-state index contributed by atoms with van der Waals surface area (Å²) in [6.07, 6.45) is 1.28. The Morgan fingerprint density at radius 1 is 1.46 bits per heavy atom. The van der Waals surface area contributed by atoms with Crippen molar-refractivity contribution in [3.63, 3.8) is 0 Å². The van der Waals surface area contributed by atoms with Crippen molar-refractivity contribution in [3.05, 3.63) is 47.8 Å². The average molecular weight is 173 g/mol. The maximum absolute atomic E-state index is 8.29.